The van der Waals surface area contributed by atoms with Crippen molar-refractivity contribution in [3.05, 3.63) is 29.3 Å². The molecule has 1 aromatic carbocycles. The molecule has 0 aliphatic carbocycles. The van der Waals surface area contributed by atoms with Crippen LogP contribution in [0.3, 0.4) is 0 Å². The third-order valence-corrected chi connectivity index (χ3v) is 14.4. The van der Waals surface area contributed by atoms with Crippen LogP contribution in [0.4, 0.5) is 15.3 Å². The van der Waals surface area contributed by atoms with Crippen molar-refractivity contribution in [2.45, 2.75) is 107 Å². The van der Waals surface area contributed by atoms with Crippen molar-refractivity contribution in [3.63, 3.8) is 0 Å². The fourth-order valence-electron chi connectivity index (χ4n) is 7.77. The molecule has 3 heterocycles. The van der Waals surface area contributed by atoms with E-state index in [0.29, 0.717) is 153 Å². The van der Waals surface area contributed by atoms with E-state index >= 15 is 0 Å². The Balaban J connectivity index is 0.847. The highest BCUT2D eigenvalue weighted by Crippen LogP contribution is 2.33. The Morgan fingerprint density at radius 2 is 1.10 bits per heavy atom. The minimum absolute atomic E-state index is 0.0158. The van der Waals surface area contributed by atoms with Crippen LogP contribution in [0.25, 0.3) is 0 Å². The molecule has 8 amide bonds. The van der Waals surface area contributed by atoms with Gasteiger partial charge in [-0.3, -0.25) is 19.2 Å². The van der Waals surface area contributed by atoms with Gasteiger partial charge in [0.1, 0.15) is 0 Å². The molecule has 0 bridgehead atoms. The first-order chi connectivity index (χ1) is 34.6. The summed E-state index contributed by atoms with van der Waals surface area (Å²) in [5.74, 6) is 2.27. The predicted octanol–water partition coefficient (Wildman–Crippen LogP) is 2.32. The van der Waals surface area contributed by atoms with Gasteiger partial charge in [0.25, 0.3) is 11.8 Å². The van der Waals surface area contributed by atoms with E-state index in [2.05, 4.69) is 42.5 Å². The second kappa shape index (κ2) is 36.8. The van der Waals surface area contributed by atoms with Gasteiger partial charge in [-0.05, 0) is 75.8 Å². The van der Waals surface area contributed by atoms with E-state index in [1.807, 2.05) is 30.4 Å². The molecule has 5 atom stereocenters. The highest BCUT2D eigenvalue weighted by Gasteiger charge is 2.42. The number of nitrogen functional groups attached to an aromatic ring is 1. The molecule has 5 unspecified atom stereocenters. The first-order valence-electron chi connectivity index (χ1n) is 25.4. The molecule has 3 fully saturated rings. The highest BCUT2D eigenvalue weighted by molar-refractivity contribution is 8.00. The number of carbonyl (C=O) groups excluding carboxylic acids is 6. The van der Waals surface area contributed by atoms with Crippen LogP contribution >= 0.6 is 23.5 Å². The van der Waals surface area contributed by atoms with Crippen molar-refractivity contribution in [1.82, 2.24) is 42.5 Å². The molecule has 3 aliphatic heterocycles. The average molecular weight is 1040 g/mol. The molecule has 0 aromatic heterocycles. The molecule has 3 aliphatic rings. The number of urea groups is 2. The molecule has 402 valence electrons. The molecule has 1 aromatic rings. The van der Waals surface area contributed by atoms with Crippen molar-refractivity contribution in [3.8, 4) is 0 Å². The summed E-state index contributed by atoms with van der Waals surface area (Å²) in [6.45, 7) is 8.98. The van der Waals surface area contributed by atoms with Crippen LogP contribution in [0.1, 0.15) is 98.3 Å². The van der Waals surface area contributed by atoms with Crippen LogP contribution in [-0.4, -0.2) is 188 Å². The van der Waals surface area contributed by atoms with E-state index in [0.717, 1.165) is 62.2 Å². The molecular weight excluding hydrogens is 959 g/mol. The molecule has 10 N–H and O–H groups in total. The number of anilines is 1. The molecule has 4 rings (SSSR count). The van der Waals surface area contributed by atoms with Gasteiger partial charge < -0.3 is 76.7 Å². The minimum Gasteiger partial charge on any atom is -0.399 e. The van der Waals surface area contributed by atoms with Crippen LogP contribution in [0, 0.1) is 0 Å². The van der Waals surface area contributed by atoms with Gasteiger partial charge in [0.15, 0.2) is 0 Å². The molecule has 21 nitrogen and oxygen atoms in total. The number of benzene rings is 1. The van der Waals surface area contributed by atoms with Gasteiger partial charge in [-0.2, -0.15) is 23.5 Å². The van der Waals surface area contributed by atoms with Crippen LogP contribution < -0.4 is 48.3 Å². The zero-order valence-corrected chi connectivity index (χ0v) is 43.3. The summed E-state index contributed by atoms with van der Waals surface area (Å²) < 4.78 is 33.4. The van der Waals surface area contributed by atoms with Crippen molar-refractivity contribution in [1.29, 1.82) is 0 Å². The van der Waals surface area contributed by atoms with Gasteiger partial charge in [-0.15, -0.1) is 0 Å². The molecule has 0 spiro atoms. The summed E-state index contributed by atoms with van der Waals surface area (Å²) in [5.41, 5.74) is 6.91. The Labute approximate surface area is 427 Å². The lowest BCUT2D eigenvalue weighted by Gasteiger charge is -2.16. The number of carbonyl (C=O) groups is 6. The van der Waals surface area contributed by atoms with E-state index < -0.39 is 0 Å². The van der Waals surface area contributed by atoms with Gasteiger partial charge in [-0.1, -0.05) is 12.8 Å². The Hall–Kier alpha value is -4.10. The van der Waals surface area contributed by atoms with Gasteiger partial charge in [-0.25, -0.2) is 9.59 Å². The van der Waals surface area contributed by atoms with Crippen molar-refractivity contribution in [2.24, 2.45) is 0 Å². The summed E-state index contributed by atoms with van der Waals surface area (Å²) in [6.07, 6.45) is 8.61. The number of thioether (sulfide) groups is 2. The lowest BCUT2D eigenvalue weighted by molar-refractivity contribution is -0.122. The van der Waals surface area contributed by atoms with E-state index in [1.165, 1.54) is 18.2 Å². The number of hydrogen-bond donors (Lipinski definition) is 9. The molecule has 0 radical (unpaired) electrons. The van der Waals surface area contributed by atoms with Gasteiger partial charge in [0.2, 0.25) is 11.8 Å². The number of nitrogens with two attached hydrogens (primary N) is 1. The first-order valence-corrected chi connectivity index (χ1v) is 27.6. The Bertz CT molecular complexity index is 1740. The average Bonchev–Trinajstić information content (AvgIpc) is 4.02. The zero-order chi connectivity index (χ0) is 50.7. The second-order valence-corrected chi connectivity index (χ2v) is 20.0. The Kier molecular flexibility index (Phi) is 30.8. The smallest absolute Gasteiger partial charge is 0.315 e. The van der Waals surface area contributed by atoms with E-state index in [1.54, 1.807) is 0 Å². The number of nitrogens with one attached hydrogen (secondary N) is 8. The fraction of sp³-hybridized carbons (Fsp3) is 0.750. The molecular formula is C48H81N9O12S2. The molecule has 71 heavy (non-hydrogen) atoms. The largest absolute Gasteiger partial charge is 0.399 e. The van der Waals surface area contributed by atoms with Crippen LogP contribution in [-0.2, 0) is 38.0 Å². The Morgan fingerprint density at radius 3 is 1.66 bits per heavy atom. The maximum Gasteiger partial charge on any atom is 0.315 e. The summed E-state index contributed by atoms with van der Waals surface area (Å²) in [7, 11) is 0. The highest BCUT2D eigenvalue weighted by atomic mass is 32.2. The summed E-state index contributed by atoms with van der Waals surface area (Å²) in [5, 5.41) is 23.6. The van der Waals surface area contributed by atoms with Crippen molar-refractivity contribution in [2.75, 3.05) is 128 Å². The quantitative estimate of drug-likeness (QED) is 0.0258. The number of fused-ring (bicyclic) bond motifs is 1. The van der Waals surface area contributed by atoms with Gasteiger partial charge in [0, 0.05) is 98.5 Å². The number of amides is 8. The molecule has 3 saturated heterocycles. The van der Waals surface area contributed by atoms with Crippen LogP contribution in [0.15, 0.2) is 18.2 Å². The number of ether oxygens (including phenoxy) is 6. The third-order valence-electron chi connectivity index (χ3n) is 11.7. The Morgan fingerprint density at radius 1 is 0.592 bits per heavy atom. The lowest BCUT2D eigenvalue weighted by atomic mass is 10.0. The van der Waals surface area contributed by atoms with Crippen molar-refractivity contribution < 1.29 is 57.2 Å². The summed E-state index contributed by atoms with van der Waals surface area (Å²) >= 11 is 3.72. The predicted molar refractivity (Wildman–Crippen MR) is 275 cm³/mol. The lowest BCUT2D eigenvalue weighted by Crippen LogP contribution is -2.36. The maximum absolute atomic E-state index is 12.8. The molecule has 23 heteroatoms. The SMILES string of the molecule is CC1NC(=O)NC1CSCCCCCC(=O)NCCCOCCOCCOCCCNC(=O)c1cc(N)cc(C(=O)NCCCOCCOCCOCCNC(=O)CCCCC2SCC3NC(=O)NC32)c1. The fourth-order valence-corrected chi connectivity index (χ4v) is 10.5. The summed E-state index contributed by atoms with van der Waals surface area (Å²) in [4.78, 5) is 72.6. The normalized spacial score (nSPS) is 19.1. The van der Waals surface area contributed by atoms with Crippen molar-refractivity contribution >= 4 is 64.9 Å². The molecule has 0 saturated carbocycles. The van der Waals surface area contributed by atoms with E-state index in [9.17, 15) is 28.8 Å². The summed E-state index contributed by atoms with van der Waals surface area (Å²) in [6, 6.07) is 5.18. The standard InChI is InChI=1S/C48H81N9O12S2/c1-35-39(55-47(62)54-35)33-70-29-6-2-3-11-42(58)50-13-7-17-64-21-25-68-26-22-65-18-8-14-52-45(60)36-30-37(32-38(49)31-36)46(61)53-15-9-19-66-23-27-69-28-24-67-20-16-51-43(59)12-5-4-10-41-44-40(34-71-41)56-48(63)57-44/h30-32,35,39-41,44H,2-29,33-34,49H2,1H3,(H,50,58)(H,51,59)(H,52,60)(H,53,61)(H2,54,55,62)(H2,56,57,63). The number of unbranched alkanes of at least 4 members (excludes halogenated alkanes) is 3. The van der Waals surface area contributed by atoms with E-state index in [-0.39, 0.29) is 59.9 Å². The van der Waals surface area contributed by atoms with Gasteiger partial charge >= 0.3 is 12.1 Å². The van der Waals surface area contributed by atoms with Crippen LogP contribution in [0.2, 0.25) is 0 Å². The topological polar surface area (TPSA) is 280 Å². The van der Waals surface area contributed by atoms with Crippen LogP contribution in [0.5, 0.6) is 0 Å². The maximum atomic E-state index is 12.8. The second-order valence-electron chi connectivity index (χ2n) is 17.6. The third kappa shape index (κ3) is 26.4. The van der Waals surface area contributed by atoms with Gasteiger partial charge in [0.05, 0.1) is 77.6 Å². The number of hydrogen-bond acceptors (Lipinski definition) is 15. The number of rotatable bonds is 42. The minimum atomic E-state index is -0.337. The monoisotopic (exact) mass is 1040 g/mol. The first kappa shape index (κ1) is 59.5. The van der Waals surface area contributed by atoms with E-state index in [4.69, 9.17) is 34.2 Å². The zero-order valence-electron chi connectivity index (χ0n) is 41.6.